The van der Waals surface area contributed by atoms with Gasteiger partial charge in [-0.3, -0.25) is 9.10 Å². The Morgan fingerprint density at radius 1 is 1.04 bits per heavy atom. The van der Waals surface area contributed by atoms with E-state index in [1.54, 1.807) is 24.3 Å². The van der Waals surface area contributed by atoms with Crippen LogP contribution in [0.2, 0.25) is 0 Å². The van der Waals surface area contributed by atoms with E-state index in [-0.39, 0.29) is 24.4 Å². The van der Waals surface area contributed by atoms with Crippen molar-refractivity contribution in [1.29, 1.82) is 0 Å². The number of amides is 1. The van der Waals surface area contributed by atoms with Gasteiger partial charge in [0.05, 0.1) is 11.9 Å². The number of benzene rings is 2. The fourth-order valence-electron chi connectivity index (χ4n) is 2.45. The quantitative estimate of drug-likeness (QED) is 0.696. The number of anilines is 1. The summed E-state index contributed by atoms with van der Waals surface area (Å²) in [5, 5.41) is 2.83. The zero-order valence-corrected chi connectivity index (χ0v) is 17.6. The molecule has 152 valence electrons. The van der Waals surface area contributed by atoms with Crippen LogP contribution in [0, 0.1) is 5.92 Å². The predicted molar refractivity (Wildman–Crippen MR) is 112 cm³/mol. The highest BCUT2D eigenvalue weighted by Crippen LogP contribution is 2.22. The standard InChI is InChI=1S/C21H28N2O4S/c1-16(2)17(3)22-21(24)14-23(28(4,25)26)19-10-12-20(13-11-19)27-15-18-8-6-5-7-9-18/h5-13,16-17H,14-15H2,1-4H3,(H,22,24)/t17-/m1/s1. The molecule has 0 unspecified atom stereocenters. The lowest BCUT2D eigenvalue weighted by Crippen LogP contribution is -2.44. The molecule has 0 fully saturated rings. The van der Waals surface area contributed by atoms with Gasteiger partial charge in [0.2, 0.25) is 15.9 Å². The van der Waals surface area contributed by atoms with Crippen molar-refractivity contribution in [1.82, 2.24) is 5.32 Å². The number of hydrogen-bond donors (Lipinski definition) is 1. The van der Waals surface area contributed by atoms with Crippen molar-refractivity contribution in [3.63, 3.8) is 0 Å². The molecule has 0 saturated heterocycles. The van der Waals surface area contributed by atoms with Crippen molar-refractivity contribution in [2.24, 2.45) is 5.92 Å². The van der Waals surface area contributed by atoms with E-state index in [0.717, 1.165) is 16.1 Å². The first kappa shape index (κ1) is 21.8. The Morgan fingerprint density at radius 2 is 1.64 bits per heavy atom. The van der Waals surface area contributed by atoms with Gasteiger partial charge in [0.25, 0.3) is 0 Å². The summed E-state index contributed by atoms with van der Waals surface area (Å²) in [5.74, 6) is 0.548. The predicted octanol–water partition coefficient (Wildman–Crippen LogP) is 3.19. The molecule has 28 heavy (non-hydrogen) atoms. The van der Waals surface area contributed by atoms with Crippen molar-refractivity contribution in [2.75, 3.05) is 17.1 Å². The topological polar surface area (TPSA) is 75.7 Å². The summed E-state index contributed by atoms with van der Waals surface area (Å²) >= 11 is 0. The third-order valence-electron chi connectivity index (χ3n) is 4.45. The molecule has 0 aliphatic carbocycles. The molecular formula is C21H28N2O4S. The van der Waals surface area contributed by atoms with Crippen LogP contribution in [-0.2, 0) is 21.4 Å². The molecule has 0 bridgehead atoms. The summed E-state index contributed by atoms with van der Waals surface area (Å²) in [4.78, 5) is 12.3. The van der Waals surface area contributed by atoms with E-state index >= 15 is 0 Å². The fraction of sp³-hybridized carbons (Fsp3) is 0.381. The average molecular weight is 405 g/mol. The number of sulfonamides is 1. The molecule has 0 aliphatic rings. The zero-order chi connectivity index (χ0) is 20.7. The molecule has 2 aromatic rings. The number of carbonyl (C=O) groups is 1. The summed E-state index contributed by atoms with van der Waals surface area (Å²) in [5.41, 5.74) is 1.46. The normalized spacial score (nSPS) is 12.5. The second kappa shape index (κ2) is 9.59. The minimum absolute atomic E-state index is 0.0392. The zero-order valence-electron chi connectivity index (χ0n) is 16.8. The van der Waals surface area contributed by atoms with Crippen LogP contribution < -0.4 is 14.4 Å². The third kappa shape index (κ3) is 6.56. The van der Waals surface area contributed by atoms with Gasteiger partial charge in [-0.2, -0.15) is 0 Å². The minimum atomic E-state index is -3.61. The highest BCUT2D eigenvalue weighted by atomic mass is 32.2. The van der Waals surface area contributed by atoms with Crippen molar-refractivity contribution in [3.05, 3.63) is 60.2 Å². The Balaban J connectivity index is 2.06. The molecule has 0 spiro atoms. The monoisotopic (exact) mass is 404 g/mol. The number of nitrogens with zero attached hydrogens (tertiary/aromatic N) is 1. The summed E-state index contributed by atoms with van der Waals surface area (Å²) in [7, 11) is -3.61. The summed E-state index contributed by atoms with van der Waals surface area (Å²) < 4.78 is 31.2. The lowest BCUT2D eigenvalue weighted by atomic mass is 10.1. The highest BCUT2D eigenvalue weighted by Gasteiger charge is 2.22. The molecule has 6 nitrogen and oxygen atoms in total. The Kier molecular flexibility index (Phi) is 7.45. The van der Waals surface area contributed by atoms with Gasteiger partial charge in [-0.25, -0.2) is 8.42 Å². The fourth-order valence-corrected chi connectivity index (χ4v) is 3.30. The lowest BCUT2D eigenvalue weighted by Gasteiger charge is -2.24. The van der Waals surface area contributed by atoms with Crippen molar-refractivity contribution in [2.45, 2.75) is 33.4 Å². The Bertz CT molecular complexity index is 865. The molecule has 2 aromatic carbocycles. The van der Waals surface area contributed by atoms with Crippen LogP contribution in [-0.4, -0.2) is 33.2 Å². The lowest BCUT2D eigenvalue weighted by molar-refractivity contribution is -0.120. The summed E-state index contributed by atoms with van der Waals surface area (Å²) in [6.45, 7) is 6.04. The van der Waals surface area contributed by atoms with E-state index in [2.05, 4.69) is 5.32 Å². The Hall–Kier alpha value is -2.54. The first-order valence-corrected chi connectivity index (χ1v) is 11.1. The Morgan fingerprint density at radius 3 is 2.18 bits per heavy atom. The molecule has 2 rings (SSSR count). The van der Waals surface area contributed by atoms with E-state index in [1.807, 2.05) is 51.1 Å². The molecule has 0 radical (unpaired) electrons. The van der Waals surface area contributed by atoms with Crippen LogP contribution in [0.15, 0.2) is 54.6 Å². The minimum Gasteiger partial charge on any atom is -0.489 e. The van der Waals surface area contributed by atoms with Gasteiger partial charge in [0.15, 0.2) is 0 Å². The van der Waals surface area contributed by atoms with E-state index in [9.17, 15) is 13.2 Å². The van der Waals surface area contributed by atoms with Crippen molar-refractivity contribution >= 4 is 21.6 Å². The van der Waals surface area contributed by atoms with Crippen LogP contribution in [0.3, 0.4) is 0 Å². The average Bonchev–Trinajstić information content (AvgIpc) is 2.65. The van der Waals surface area contributed by atoms with Gasteiger partial charge < -0.3 is 10.1 Å². The van der Waals surface area contributed by atoms with Crippen LogP contribution in [0.5, 0.6) is 5.75 Å². The van der Waals surface area contributed by atoms with Crippen LogP contribution in [0.25, 0.3) is 0 Å². The molecule has 0 saturated carbocycles. The van der Waals surface area contributed by atoms with Gasteiger partial charge in [-0.05, 0) is 42.7 Å². The maximum Gasteiger partial charge on any atom is 0.240 e. The van der Waals surface area contributed by atoms with E-state index < -0.39 is 10.0 Å². The van der Waals surface area contributed by atoms with Gasteiger partial charge in [0.1, 0.15) is 18.9 Å². The number of hydrogen-bond acceptors (Lipinski definition) is 4. The highest BCUT2D eigenvalue weighted by molar-refractivity contribution is 7.92. The molecule has 1 N–H and O–H groups in total. The maximum absolute atomic E-state index is 12.3. The van der Waals surface area contributed by atoms with Gasteiger partial charge in [-0.1, -0.05) is 44.2 Å². The maximum atomic E-state index is 12.3. The van der Waals surface area contributed by atoms with Crippen molar-refractivity contribution < 1.29 is 17.9 Å². The largest absolute Gasteiger partial charge is 0.489 e. The third-order valence-corrected chi connectivity index (χ3v) is 5.59. The van der Waals surface area contributed by atoms with Gasteiger partial charge in [0, 0.05) is 6.04 Å². The van der Waals surface area contributed by atoms with Crippen LogP contribution >= 0.6 is 0 Å². The molecule has 0 aromatic heterocycles. The first-order chi connectivity index (χ1) is 13.2. The van der Waals surface area contributed by atoms with Crippen LogP contribution in [0.1, 0.15) is 26.3 Å². The smallest absolute Gasteiger partial charge is 0.240 e. The number of ether oxygens (including phenoxy) is 1. The van der Waals surface area contributed by atoms with E-state index in [1.165, 1.54) is 0 Å². The molecule has 0 heterocycles. The molecule has 0 aliphatic heterocycles. The van der Waals surface area contributed by atoms with Gasteiger partial charge >= 0.3 is 0 Å². The molecule has 1 atom stereocenters. The van der Waals surface area contributed by atoms with Crippen LogP contribution in [0.4, 0.5) is 5.69 Å². The van der Waals surface area contributed by atoms with E-state index in [0.29, 0.717) is 18.0 Å². The second-order valence-corrected chi connectivity index (χ2v) is 9.04. The summed E-state index contributed by atoms with van der Waals surface area (Å²) in [6.07, 6.45) is 1.09. The number of carbonyl (C=O) groups excluding carboxylic acids is 1. The molecule has 7 heteroatoms. The summed E-state index contributed by atoms with van der Waals surface area (Å²) in [6, 6.07) is 16.4. The SMILES string of the molecule is CC(C)[C@@H](C)NC(=O)CN(c1ccc(OCc2ccccc2)cc1)S(C)(=O)=O. The van der Waals surface area contributed by atoms with E-state index in [4.69, 9.17) is 4.74 Å². The molecular weight excluding hydrogens is 376 g/mol. The number of rotatable bonds is 9. The molecule has 1 amide bonds. The number of nitrogens with one attached hydrogen (secondary N) is 1. The van der Waals surface area contributed by atoms with Gasteiger partial charge in [-0.15, -0.1) is 0 Å². The first-order valence-electron chi connectivity index (χ1n) is 9.20. The Labute approximate surface area is 167 Å². The second-order valence-electron chi connectivity index (χ2n) is 7.14. The van der Waals surface area contributed by atoms with Crippen molar-refractivity contribution in [3.8, 4) is 5.75 Å².